The summed E-state index contributed by atoms with van der Waals surface area (Å²) in [5, 5.41) is 2.64. The summed E-state index contributed by atoms with van der Waals surface area (Å²) >= 11 is 0. The summed E-state index contributed by atoms with van der Waals surface area (Å²) in [5.41, 5.74) is 15.5. The molecule has 2 aliphatic rings. The third-order valence-corrected chi connectivity index (χ3v) is 8.48. The van der Waals surface area contributed by atoms with Crippen molar-refractivity contribution < 1.29 is 51.0 Å². The summed E-state index contributed by atoms with van der Waals surface area (Å²) in [4.78, 5) is 0. The maximum absolute atomic E-state index is 3.75. The zero-order valence-corrected chi connectivity index (χ0v) is 30.6. The van der Waals surface area contributed by atoms with Crippen LogP contribution in [0.3, 0.4) is 0 Å². The Morgan fingerprint density at radius 3 is 2.33 bits per heavy atom. The summed E-state index contributed by atoms with van der Waals surface area (Å²) in [6.07, 6.45) is 7.09. The van der Waals surface area contributed by atoms with E-state index in [1.54, 1.807) is 5.57 Å². The van der Waals surface area contributed by atoms with Gasteiger partial charge in [0.15, 0.2) is 0 Å². The standard InChI is InChI=1S/C37H31.C2H7Si.2ClH.Zr/c1-3-4-11-27-23-35-31(36-24(2)20-21-25-12-5-8-15-29(25)36)17-10-19-33(35)37(27)32-18-9-16-30-28-14-7-6-13-26(28)22-34(30)32;1-3-2;;;/h5-10,12-17,19-21,23,37H,3-4,11,22H2,1-2H3;3H,1-2H3;2*1H;/q-1;;;;+3/p-2. The summed E-state index contributed by atoms with van der Waals surface area (Å²) in [6.45, 7) is 8.97. The molecule has 43 heavy (non-hydrogen) atoms. The van der Waals surface area contributed by atoms with E-state index < -0.39 is 0 Å². The average Bonchev–Trinajstić information content (AvgIpc) is 3.55. The third-order valence-electron chi connectivity index (χ3n) is 8.48. The number of halogens is 2. The molecule has 1 atom stereocenters. The van der Waals surface area contributed by atoms with Crippen LogP contribution < -0.4 is 24.8 Å². The van der Waals surface area contributed by atoms with Crippen molar-refractivity contribution in [1.82, 2.24) is 0 Å². The maximum Gasteiger partial charge on any atom is 3.00 e. The zero-order chi connectivity index (χ0) is 27.6. The number of allylic oxidation sites excluding steroid dienone is 1. The van der Waals surface area contributed by atoms with E-state index in [2.05, 4.69) is 130 Å². The molecule has 0 amide bonds. The van der Waals surface area contributed by atoms with Crippen LogP contribution in [0.5, 0.6) is 0 Å². The zero-order valence-electron chi connectivity index (χ0n) is 25.5. The Hall–Kier alpha value is -2.22. The Morgan fingerprint density at radius 1 is 0.814 bits per heavy atom. The molecule has 0 spiro atoms. The fourth-order valence-corrected chi connectivity index (χ4v) is 6.73. The van der Waals surface area contributed by atoms with Gasteiger partial charge in [0.2, 0.25) is 0 Å². The third kappa shape index (κ3) is 6.60. The minimum atomic E-state index is 0. The van der Waals surface area contributed by atoms with Gasteiger partial charge in [-0.2, -0.15) is 18.2 Å². The second kappa shape index (κ2) is 15.7. The molecular formula is C39H38Cl2SiZr. The van der Waals surface area contributed by atoms with Crippen molar-refractivity contribution in [3.63, 3.8) is 0 Å². The first-order chi connectivity index (χ1) is 19.7. The van der Waals surface area contributed by atoms with E-state index in [0.29, 0.717) is 0 Å². The van der Waals surface area contributed by atoms with E-state index in [0.717, 1.165) is 22.4 Å². The monoisotopic (exact) mass is 694 g/mol. The minimum Gasteiger partial charge on any atom is -1.00 e. The number of hydrogen-bond acceptors (Lipinski definition) is 0. The van der Waals surface area contributed by atoms with Crippen LogP contribution in [0.4, 0.5) is 0 Å². The molecule has 0 saturated carbocycles. The van der Waals surface area contributed by atoms with Gasteiger partial charge in [-0.1, -0.05) is 117 Å². The van der Waals surface area contributed by atoms with E-state index in [4.69, 9.17) is 0 Å². The number of unbranched alkanes of at least 4 members (excludes halogenated alkanes) is 1. The van der Waals surface area contributed by atoms with Gasteiger partial charge < -0.3 is 24.8 Å². The van der Waals surface area contributed by atoms with Crippen LogP contribution >= 0.6 is 0 Å². The number of rotatable bonds is 5. The number of aryl methyl sites for hydroxylation is 1. The molecule has 0 N–H and O–H groups in total. The van der Waals surface area contributed by atoms with Gasteiger partial charge in [0.05, 0.1) is 0 Å². The van der Waals surface area contributed by atoms with Gasteiger partial charge in [0.1, 0.15) is 0 Å². The molecule has 0 aromatic heterocycles. The summed E-state index contributed by atoms with van der Waals surface area (Å²) < 4.78 is 0. The Balaban J connectivity index is 0.000000812. The van der Waals surface area contributed by atoms with Crippen LogP contribution in [0.25, 0.3) is 39.1 Å². The van der Waals surface area contributed by atoms with E-state index in [1.807, 2.05) is 0 Å². The normalized spacial score (nSPS) is 13.7. The summed E-state index contributed by atoms with van der Waals surface area (Å²) in [7, 11) is 0.750. The molecular weight excluding hydrogens is 659 g/mol. The van der Waals surface area contributed by atoms with Gasteiger partial charge in [-0.15, -0.1) is 16.7 Å². The molecule has 0 aliphatic heterocycles. The first-order valence-electron chi connectivity index (χ1n) is 14.8. The predicted molar refractivity (Wildman–Crippen MR) is 176 cm³/mol. The smallest absolute Gasteiger partial charge is 1.00 e. The van der Waals surface area contributed by atoms with Crippen LogP contribution in [0.1, 0.15) is 65.5 Å². The Bertz CT molecular complexity index is 1740. The van der Waals surface area contributed by atoms with Crippen molar-refractivity contribution in [2.24, 2.45) is 0 Å². The van der Waals surface area contributed by atoms with Crippen molar-refractivity contribution in [1.29, 1.82) is 0 Å². The second-order valence-electron chi connectivity index (χ2n) is 11.2. The van der Waals surface area contributed by atoms with Gasteiger partial charge in [-0.05, 0) is 75.9 Å². The van der Waals surface area contributed by atoms with E-state index >= 15 is 0 Å². The molecule has 2 aliphatic carbocycles. The van der Waals surface area contributed by atoms with Crippen molar-refractivity contribution in [3.05, 3.63) is 136 Å². The first-order valence-corrected chi connectivity index (χ1v) is 17.1. The quantitative estimate of drug-likeness (QED) is 0.185. The van der Waals surface area contributed by atoms with Crippen molar-refractivity contribution in [2.75, 3.05) is 0 Å². The van der Waals surface area contributed by atoms with Gasteiger partial charge in [0.25, 0.3) is 0 Å². The second-order valence-corrected chi connectivity index (χ2v) is 12.4. The Kier molecular flexibility index (Phi) is 12.9. The van der Waals surface area contributed by atoms with E-state index in [-0.39, 0.29) is 56.9 Å². The van der Waals surface area contributed by atoms with Gasteiger partial charge in [0, 0.05) is 15.4 Å². The topological polar surface area (TPSA) is 0 Å². The minimum absolute atomic E-state index is 0. The van der Waals surface area contributed by atoms with Crippen LogP contribution in [0.2, 0.25) is 13.1 Å². The SMILES string of the molecule is CCCCC1=Cc2c(-c3c(C)ccc4ccccc34)cccc2C1c1[c-]ccc2c1Cc1ccccc1-2.C[SiH]C.[Cl-].[Cl-].[Zr+3]. The van der Waals surface area contributed by atoms with Gasteiger partial charge >= 0.3 is 26.2 Å². The predicted octanol–water partition coefficient (Wildman–Crippen LogP) is 4.43. The Morgan fingerprint density at radius 2 is 1.53 bits per heavy atom. The molecule has 0 saturated heterocycles. The van der Waals surface area contributed by atoms with Crippen LogP contribution in [0, 0.1) is 13.0 Å². The fraction of sp³-hybridized carbons (Fsp3) is 0.231. The van der Waals surface area contributed by atoms with Crippen LogP contribution in [0.15, 0.2) is 96.6 Å². The molecule has 0 bridgehead atoms. The van der Waals surface area contributed by atoms with Gasteiger partial charge in [-0.25, -0.2) is 0 Å². The first kappa shape index (κ1) is 35.3. The molecule has 2 radical (unpaired) electrons. The van der Waals surface area contributed by atoms with E-state index in [1.165, 1.54) is 79.2 Å². The van der Waals surface area contributed by atoms with Crippen molar-refractivity contribution in [3.8, 4) is 22.3 Å². The molecule has 216 valence electrons. The molecule has 5 aromatic rings. The molecule has 0 heterocycles. The maximum atomic E-state index is 3.75. The molecule has 7 rings (SSSR count). The number of fused-ring (bicyclic) bond motifs is 5. The van der Waals surface area contributed by atoms with E-state index in [9.17, 15) is 0 Å². The molecule has 5 aromatic carbocycles. The van der Waals surface area contributed by atoms with Gasteiger partial charge in [-0.3, -0.25) is 0 Å². The molecule has 0 fully saturated rings. The van der Waals surface area contributed by atoms with Crippen LogP contribution in [-0.2, 0) is 32.6 Å². The molecule has 1 unspecified atom stereocenters. The largest absolute Gasteiger partial charge is 3.00 e. The molecule has 4 heteroatoms. The fourth-order valence-electron chi connectivity index (χ4n) is 6.73. The summed E-state index contributed by atoms with van der Waals surface area (Å²) in [5.74, 6) is 0.279. The van der Waals surface area contributed by atoms with Crippen molar-refractivity contribution in [2.45, 2.75) is 58.5 Å². The number of benzene rings is 5. The molecule has 0 nitrogen and oxygen atoms in total. The Labute approximate surface area is 292 Å². The number of hydrogen-bond donors (Lipinski definition) is 0. The average molecular weight is 697 g/mol. The van der Waals surface area contributed by atoms with Crippen LogP contribution in [-0.4, -0.2) is 9.52 Å². The van der Waals surface area contributed by atoms with Crippen molar-refractivity contribution >= 4 is 26.4 Å². The summed E-state index contributed by atoms with van der Waals surface area (Å²) in [6, 6.07) is 37.4.